The molecule has 0 spiro atoms. The fourth-order valence-corrected chi connectivity index (χ4v) is 3.62. The van der Waals surface area contributed by atoms with Gasteiger partial charge in [0.25, 0.3) is 0 Å². The lowest BCUT2D eigenvalue weighted by Gasteiger charge is -2.29. The van der Waals surface area contributed by atoms with Crippen LogP contribution in [0, 0.1) is 0 Å². The van der Waals surface area contributed by atoms with Crippen molar-refractivity contribution in [3.8, 4) is 11.5 Å². The summed E-state index contributed by atoms with van der Waals surface area (Å²) in [6, 6.07) is 10.6. The molecule has 1 unspecified atom stereocenters. The highest BCUT2D eigenvalue weighted by Gasteiger charge is 2.35. The average molecular weight is 338 g/mol. The van der Waals surface area contributed by atoms with Crippen LogP contribution < -0.4 is 4.74 Å². The van der Waals surface area contributed by atoms with Crippen molar-refractivity contribution in [3.63, 3.8) is 0 Å². The molecule has 0 bridgehead atoms. The van der Waals surface area contributed by atoms with Crippen LogP contribution in [0.4, 0.5) is 0 Å². The zero-order chi connectivity index (χ0) is 18.0. The molecule has 4 heteroatoms. The Morgan fingerprint density at radius 1 is 1.08 bits per heavy atom. The minimum atomic E-state index is -0.466. The lowest BCUT2D eigenvalue weighted by atomic mass is 9.74. The minimum Gasteiger partial charge on any atom is -0.507 e. The maximum atomic E-state index is 13.1. The van der Waals surface area contributed by atoms with E-state index in [1.54, 1.807) is 12.1 Å². The molecule has 1 aliphatic carbocycles. The number of rotatable bonds is 5. The third kappa shape index (κ3) is 3.16. The molecule has 0 amide bonds. The van der Waals surface area contributed by atoms with Crippen molar-refractivity contribution in [1.29, 1.82) is 0 Å². The van der Waals surface area contributed by atoms with E-state index in [1.807, 2.05) is 18.2 Å². The number of ketones is 1. The first kappa shape index (κ1) is 17.2. The molecule has 25 heavy (non-hydrogen) atoms. The first-order valence-electron chi connectivity index (χ1n) is 8.72. The molecule has 1 N–H and O–H groups in total. The standard InChI is InChI=1S/C21H22O4/c1-3-4-5-8-14-15-9-6-11-17(23)19(15)21(24)20-16(14)10-7-12-18(20)25-13(2)22/h6-7,9-12,14,23H,3-5,8H2,1-2H3. The van der Waals surface area contributed by atoms with Crippen molar-refractivity contribution in [2.45, 2.75) is 45.4 Å². The third-order valence-electron chi connectivity index (χ3n) is 4.69. The Labute approximate surface area is 147 Å². The lowest BCUT2D eigenvalue weighted by Crippen LogP contribution is -2.21. The second kappa shape index (κ2) is 7.09. The van der Waals surface area contributed by atoms with Crippen LogP contribution in [0.5, 0.6) is 11.5 Å². The summed E-state index contributed by atoms with van der Waals surface area (Å²) in [5, 5.41) is 10.3. The van der Waals surface area contributed by atoms with E-state index < -0.39 is 5.97 Å². The van der Waals surface area contributed by atoms with Crippen LogP contribution >= 0.6 is 0 Å². The van der Waals surface area contributed by atoms with Crippen LogP contribution in [0.1, 0.15) is 72.5 Å². The third-order valence-corrected chi connectivity index (χ3v) is 4.69. The number of aromatic hydroxyl groups is 1. The Kier molecular flexibility index (Phi) is 4.88. The molecule has 130 valence electrons. The number of phenolic OH excluding ortho intramolecular Hbond substituents is 1. The summed E-state index contributed by atoms with van der Waals surface area (Å²) in [6.07, 6.45) is 4.13. The number of hydrogen-bond donors (Lipinski definition) is 1. The van der Waals surface area contributed by atoms with Gasteiger partial charge < -0.3 is 9.84 Å². The molecule has 0 aliphatic heterocycles. The van der Waals surface area contributed by atoms with E-state index in [4.69, 9.17) is 4.74 Å². The topological polar surface area (TPSA) is 63.6 Å². The van der Waals surface area contributed by atoms with Crippen molar-refractivity contribution in [2.24, 2.45) is 0 Å². The molecule has 1 atom stereocenters. The number of unbranched alkanes of at least 4 members (excludes halogenated alkanes) is 2. The number of ether oxygens (including phenoxy) is 1. The molecule has 0 saturated heterocycles. The summed E-state index contributed by atoms with van der Waals surface area (Å²) in [5.74, 6) is -0.494. The van der Waals surface area contributed by atoms with Crippen LogP contribution in [0.2, 0.25) is 0 Å². The van der Waals surface area contributed by atoms with Crippen LogP contribution in [0.25, 0.3) is 0 Å². The zero-order valence-electron chi connectivity index (χ0n) is 14.5. The van der Waals surface area contributed by atoms with E-state index >= 15 is 0 Å². The molecule has 1 aliphatic rings. The maximum absolute atomic E-state index is 13.1. The first-order chi connectivity index (χ1) is 12.0. The Hall–Kier alpha value is -2.62. The van der Waals surface area contributed by atoms with Gasteiger partial charge in [0.15, 0.2) is 0 Å². The maximum Gasteiger partial charge on any atom is 0.308 e. The predicted octanol–water partition coefficient (Wildman–Crippen LogP) is 4.57. The first-order valence-corrected chi connectivity index (χ1v) is 8.72. The number of carbonyl (C=O) groups excluding carboxylic acids is 2. The second-order valence-electron chi connectivity index (χ2n) is 6.43. The number of carbonyl (C=O) groups is 2. The highest BCUT2D eigenvalue weighted by molar-refractivity contribution is 6.16. The molecule has 0 fully saturated rings. The Bertz CT molecular complexity index is 823. The van der Waals surface area contributed by atoms with Gasteiger partial charge in [-0.2, -0.15) is 0 Å². The van der Waals surface area contributed by atoms with E-state index in [-0.39, 0.29) is 23.2 Å². The lowest BCUT2D eigenvalue weighted by molar-refractivity contribution is -0.131. The van der Waals surface area contributed by atoms with Crippen LogP contribution in [-0.2, 0) is 4.79 Å². The quantitative estimate of drug-likeness (QED) is 0.492. The minimum absolute atomic E-state index is 0.0110. The number of fused-ring (bicyclic) bond motifs is 2. The summed E-state index contributed by atoms with van der Waals surface area (Å²) in [5.41, 5.74) is 2.45. The molecule has 2 aromatic carbocycles. The Morgan fingerprint density at radius 2 is 1.76 bits per heavy atom. The Morgan fingerprint density at radius 3 is 2.44 bits per heavy atom. The summed E-state index contributed by atoms with van der Waals surface area (Å²) < 4.78 is 5.27. The highest BCUT2D eigenvalue weighted by Crippen LogP contribution is 2.45. The van der Waals surface area contributed by atoms with Crippen molar-refractivity contribution in [3.05, 3.63) is 58.7 Å². The van der Waals surface area contributed by atoms with Crippen molar-refractivity contribution < 1.29 is 19.4 Å². The van der Waals surface area contributed by atoms with Gasteiger partial charge in [-0.1, -0.05) is 50.5 Å². The van der Waals surface area contributed by atoms with E-state index in [1.165, 1.54) is 13.0 Å². The average Bonchev–Trinajstić information content (AvgIpc) is 2.57. The summed E-state index contributed by atoms with van der Waals surface area (Å²) in [7, 11) is 0. The van der Waals surface area contributed by atoms with Gasteiger partial charge in [-0.3, -0.25) is 9.59 Å². The van der Waals surface area contributed by atoms with Gasteiger partial charge in [0.2, 0.25) is 5.78 Å². The number of benzene rings is 2. The summed E-state index contributed by atoms with van der Waals surface area (Å²) >= 11 is 0. The van der Waals surface area contributed by atoms with Gasteiger partial charge in [-0.25, -0.2) is 0 Å². The number of hydrogen-bond acceptors (Lipinski definition) is 4. The highest BCUT2D eigenvalue weighted by atomic mass is 16.5. The molecule has 4 nitrogen and oxygen atoms in total. The van der Waals surface area contributed by atoms with Crippen LogP contribution in [-0.4, -0.2) is 16.9 Å². The van der Waals surface area contributed by atoms with Gasteiger partial charge >= 0.3 is 5.97 Å². The number of phenols is 1. The normalized spacial score (nSPS) is 15.4. The van der Waals surface area contributed by atoms with Crippen molar-refractivity contribution in [1.82, 2.24) is 0 Å². The van der Waals surface area contributed by atoms with Crippen molar-refractivity contribution in [2.75, 3.05) is 0 Å². The predicted molar refractivity (Wildman–Crippen MR) is 95.3 cm³/mol. The largest absolute Gasteiger partial charge is 0.507 e. The molecule has 0 heterocycles. The SMILES string of the molecule is CCCCCC1c2cccc(O)c2C(=O)c2c(OC(C)=O)cccc21. The molecule has 0 aromatic heterocycles. The monoisotopic (exact) mass is 338 g/mol. The smallest absolute Gasteiger partial charge is 0.308 e. The van der Waals surface area contributed by atoms with E-state index in [0.717, 1.165) is 36.8 Å². The summed E-state index contributed by atoms with van der Waals surface area (Å²) in [6.45, 7) is 3.47. The van der Waals surface area contributed by atoms with Gasteiger partial charge in [-0.05, 0) is 29.7 Å². The fourth-order valence-electron chi connectivity index (χ4n) is 3.62. The number of esters is 1. The molecule has 0 saturated carbocycles. The van der Waals surface area contributed by atoms with Gasteiger partial charge in [0.1, 0.15) is 11.5 Å². The molecule has 0 radical (unpaired) electrons. The zero-order valence-corrected chi connectivity index (χ0v) is 14.5. The molecule has 2 aromatic rings. The van der Waals surface area contributed by atoms with Gasteiger partial charge in [0.05, 0.1) is 11.1 Å². The van der Waals surface area contributed by atoms with E-state index in [2.05, 4.69) is 6.92 Å². The van der Waals surface area contributed by atoms with E-state index in [9.17, 15) is 14.7 Å². The van der Waals surface area contributed by atoms with Crippen LogP contribution in [0.3, 0.4) is 0 Å². The molecular weight excluding hydrogens is 316 g/mol. The van der Waals surface area contributed by atoms with Gasteiger partial charge in [0, 0.05) is 12.8 Å². The molecule has 3 rings (SSSR count). The molecular formula is C21H22O4. The van der Waals surface area contributed by atoms with Crippen LogP contribution in [0.15, 0.2) is 36.4 Å². The van der Waals surface area contributed by atoms with E-state index in [0.29, 0.717) is 11.1 Å². The Balaban J connectivity index is 2.16. The second-order valence-corrected chi connectivity index (χ2v) is 6.43. The van der Waals surface area contributed by atoms with Crippen molar-refractivity contribution >= 4 is 11.8 Å². The fraction of sp³-hybridized carbons (Fsp3) is 0.333. The van der Waals surface area contributed by atoms with Gasteiger partial charge in [-0.15, -0.1) is 0 Å². The summed E-state index contributed by atoms with van der Waals surface area (Å²) in [4.78, 5) is 24.5.